The standard InChI is InChI=1S/C28H26F3N5O2S/c1-39(37,38)23-9-7-22(8-10-23)25-24(21-5-3-2-4-6-21)26(34-27(33-25)28(29,30)31)36-17-15-35(16-18-36)19-20-11-13-32-14-12-20/h2-14H,15-19H2,1H3. The molecule has 3 heterocycles. The number of nitrogens with zero attached hydrogens (tertiary/aromatic N) is 5. The molecule has 0 saturated carbocycles. The van der Waals surface area contributed by atoms with Gasteiger partial charge in [0, 0.05) is 56.9 Å². The first kappa shape index (κ1) is 26.8. The molecule has 0 spiro atoms. The molecule has 0 unspecified atom stereocenters. The summed E-state index contributed by atoms with van der Waals surface area (Å²) in [6.45, 7) is 2.95. The Kier molecular flexibility index (Phi) is 7.37. The number of hydrogen-bond donors (Lipinski definition) is 0. The molecule has 202 valence electrons. The molecule has 11 heteroatoms. The van der Waals surface area contributed by atoms with Gasteiger partial charge in [-0.25, -0.2) is 18.4 Å². The van der Waals surface area contributed by atoms with Gasteiger partial charge in [0.25, 0.3) is 0 Å². The van der Waals surface area contributed by atoms with E-state index in [1.54, 1.807) is 24.5 Å². The van der Waals surface area contributed by atoms with Crippen LogP contribution in [0.15, 0.2) is 84.0 Å². The van der Waals surface area contributed by atoms with Crippen LogP contribution in [0.25, 0.3) is 22.4 Å². The summed E-state index contributed by atoms with van der Waals surface area (Å²) in [6.07, 6.45) is -0.215. The zero-order valence-electron chi connectivity index (χ0n) is 21.1. The molecule has 0 aliphatic carbocycles. The van der Waals surface area contributed by atoms with Crippen molar-refractivity contribution in [1.82, 2.24) is 19.9 Å². The van der Waals surface area contributed by atoms with Crippen LogP contribution in [0.2, 0.25) is 0 Å². The Hall–Kier alpha value is -3.83. The number of aromatic nitrogens is 3. The number of rotatable bonds is 6. The van der Waals surface area contributed by atoms with Gasteiger partial charge in [-0.15, -0.1) is 0 Å². The van der Waals surface area contributed by atoms with Crippen molar-refractivity contribution < 1.29 is 21.6 Å². The molecular weight excluding hydrogens is 527 g/mol. The SMILES string of the molecule is CS(=O)(=O)c1ccc(-c2nc(C(F)(F)F)nc(N3CCN(Cc4ccncc4)CC3)c2-c2ccccc2)cc1. The molecule has 2 aromatic carbocycles. The Bertz CT molecular complexity index is 1540. The number of halogens is 3. The molecule has 1 saturated heterocycles. The summed E-state index contributed by atoms with van der Waals surface area (Å²) in [5, 5.41) is 0. The minimum absolute atomic E-state index is 0.0724. The molecule has 4 aromatic rings. The van der Waals surface area contributed by atoms with Gasteiger partial charge >= 0.3 is 6.18 Å². The Morgan fingerprint density at radius 3 is 2.05 bits per heavy atom. The first-order valence-corrected chi connectivity index (χ1v) is 14.2. The summed E-state index contributed by atoms with van der Waals surface area (Å²) >= 11 is 0. The van der Waals surface area contributed by atoms with Gasteiger partial charge in [-0.3, -0.25) is 9.88 Å². The van der Waals surface area contributed by atoms with Crippen molar-refractivity contribution >= 4 is 15.7 Å². The molecular formula is C28H26F3N5O2S. The van der Waals surface area contributed by atoms with Crippen LogP contribution < -0.4 is 4.90 Å². The lowest BCUT2D eigenvalue weighted by Crippen LogP contribution is -2.46. The monoisotopic (exact) mass is 553 g/mol. The third-order valence-electron chi connectivity index (χ3n) is 6.59. The highest BCUT2D eigenvalue weighted by atomic mass is 32.2. The summed E-state index contributed by atoms with van der Waals surface area (Å²) in [7, 11) is -3.48. The van der Waals surface area contributed by atoms with Crippen molar-refractivity contribution in [3.05, 3.63) is 90.5 Å². The second-order valence-electron chi connectivity index (χ2n) is 9.37. The molecule has 7 nitrogen and oxygen atoms in total. The van der Waals surface area contributed by atoms with Crippen LogP contribution in [-0.2, 0) is 22.6 Å². The molecule has 0 amide bonds. The van der Waals surface area contributed by atoms with Gasteiger partial charge in [-0.05, 0) is 35.4 Å². The number of pyridine rings is 1. The van der Waals surface area contributed by atoms with E-state index in [9.17, 15) is 21.6 Å². The van der Waals surface area contributed by atoms with E-state index >= 15 is 0 Å². The van der Waals surface area contributed by atoms with Gasteiger partial charge in [0.05, 0.1) is 16.2 Å². The Labute approximate surface area is 224 Å². The zero-order chi connectivity index (χ0) is 27.6. The van der Waals surface area contributed by atoms with E-state index in [0.29, 0.717) is 42.9 Å². The molecule has 0 radical (unpaired) electrons. The lowest BCUT2D eigenvalue weighted by Gasteiger charge is -2.36. The molecule has 0 atom stereocenters. The number of sulfone groups is 1. The number of piperazine rings is 1. The maximum Gasteiger partial charge on any atom is 0.451 e. The van der Waals surface area contributed by atoms with Gasteiger partial charge in [-0.2, -0.15) is 13.2 Å². The summed E-state index contributed by atoms with van der Waals surface area (Å²) in [5.41, 5.74) is 2.72. The second kappa shape index (κ2) is 10.7. The topological polar surface area (TPSA) is 79.3 Å². The first-order chi connectivity index (χ1) is 18.6. The van der Waals surface area contributed by atoms with Crippen LogP contribution in [0.1, 0.15) is 11.4 Å². The highest BCUT2D eigenvalue weighted by Gasteiger charge is 2.38. The molecule has 1 fully saturated rings. The lowest BCUT2D eigenvalue weighted by molar-refractivity contribution is -0.144. The summed E-state index contributed by atoms with van der Waals surface area (Å²) in [4.78, 5) is 16.3. The fraction of sp³-hybridized carbons (Fsp3) is 0.250. The van der Waals surface area contributed by atoms with Crippen molar-refractivity contribution in [2.24, 2.45) is 0 Å². The van der Waals surface area contributed by atoms with Crippen molar-refractivity contribution in [3.63, 3.8) is 0 Å². The Balaban J connectivity index is 1.58. The maximum absolute atomic E-state index is 14.1. The average Bonchev–Trinajstić information content (AvgIpc) is 2.93. The quantitative estimate of drug-likeness (QED) is 0.334. The summed E-state index contributed by atoms with van der Waals surface area (Å²) in [5.74, 6) is -1.03. The normalized spacial score (nSPS) is 14.9. The van der Waals surface area contributed by atoms with Gasteiger partial charge in [0.1, 0.15) is 5.82 Å². The van der Waals surface area contributed by atoms with Crippen molar-refractivity contribution in [1.29, 1.82) is 0 Å². The third-order valence-corrected chi connectivity index (χ3v) is 7.72. The van der Waals surface area contributed by atoms with E-state index in [0.717, 1.165) is 18.4 Å². The molecule has 0 bridgehead atoms. The largest absolute Gasteiger partial charge is 0.451 e. The van der Waals surface area contributed by atoms with Crippen LogP contribution in [0.3, 0.4) is 0 Å². The molecule has 1 aliphatic rings. The molecule has 1 aliphatic heterocycles. The van der Waals surface area contributed by atoms with Crippen LogP contribution in [0.5, 0.6) is 0 Å². The van der Waals surface area contributed by atoms with Gasteiger partial charge < -0.3 is 4.90 Å². The fourth-order valence-corrected chi connectivity index (χ4v) is 5.24. The first-order valence-electron chi connectivity index (χ1n) is 12.3. The third kappa shape index (κ3) is 6.10. The van der Waals surface area contributed by atoms with Gasteiger partial charge in [-0.1, -0.05) is 42.5 Å². The van der Waals surface area contributed by atoms with Crippen molar-refractivity contribution in [3.8, 4) is 22.4 Å². The Morgan fingerprint density at radius 2 is 1.46 bits per heavy atom. The average molecular weight is 554 g/mol. The summed E-state index contributed by atoms with van der Waals surface area (Å²) in [6, 6.07) is 18.7. The molecule has 39 heavy (non-hydrogen) atoms. The second-order valence-corrected chi connectivity index (χ2v) is 11.4. The van der Waals surface area contributed by atoms with E-state index in [4.69, 9.17) is 0 Å². The number of anilines is 1. The van der Waals surface area contributed by atoms with Crippen molar-refractivity contribution in [2.45, 2.75) is 17.6 Å². The summed E-state index contributed by atoms with van der Waals surface area (Å²) < 4.78 is 66.1. The predicted molar refractivity (Wildman–Crippen MR) is 143 cm³/mol. The minimum atomic E-state index is -4.77. The van der Waals surface area contributed by atoms with E-state index < -0.39 is 21.8 Å². The molecule has 0 N–H and O–H groups in total. The molecule has 5 rings (SSSR count). The van der Waals surface area contributed by atoms with E-state index in [1.165, 1.54) is 24.3 Å². The van der Waals surface area contributed by atoms with E-state index in [1.807, 2.05) is 35.2 Å². The fourth-order valence-electron chi connectivity index (χ4n) is 4.61. The lowest BCUT2D eigenvalue weighted by atomic mass is 9.98. The van der Waals surface area contributed by atoms with Crippen LogP contribution in [0, 0.1) is 0 Å². The predicted octanol–water partition coefficient (Wildman–Crippen LogP) is 4.95. The van der Waals surface area contributed by atoms with E-state index in [2.05, 4.69) is 19.9 Å². The smallest absolute Gasteiger partial charge is 0.353 e. The van der Waals surface area contributed by atoms with Crippen molar-refractivity contribution in [2.75, 3.05) is 37.3 Å². The number of alkyl halides is 3. The highest BCUT2D eigenvalue weighted by Crippen LogP contribution is 2.40. The number of hydrogen-bond acceptors (Lipinski definition) is 7. The Morgan fingerprint density at radius 1 is 0.821 bits per heavy atom. The van der Waals surface area contributed by atoms with E-state index in [-0.39, 0.29) is 16.4 Å². The van der Waals surface area contributed by atoms with Gasteiger partial charge in [0.2, 0.25) is 5.82 Å². The van der Waals surface area contributed by atoms with Crippen LogP contribution in [-0.4, -0.2) is 60.7 Å². The van der Waals surface area contributed by atoms with Crippen LogP contribution in [0.4, 0.5) is 19.0 Å². The zero-order valence-corrected chi connectivity index (χ0v) is 22.0. The highest BCUT2D eigenvalue weighted by molar-refractivity contribution is 7.90. The number of benzene rings is 2. The van der Waals surface area contributed by atoms with Gasteiger partial charge in [0.15, 0.2) is 9.84 Å². The van der Waals surface area contributed by atoms with Crippen LogP contribution >= 0.6 is 0 Å². The maximum atomic E-state index is 14.1. The molecule has 2 aromatic heterocycles. The minimum Gasteiger partial charge on any atom is -0.353 e.